The molecule has 2 atom stereocenters. The summed E-state index contributed by atoms with van der Waals surface area (Å²) in [4.78, 5) is 0. The lowest BCUT2D eigenvalue weighted by Crippen LogP contribution is -2.21. The third kappa shape index (κ3) is 5.27. The Morgan fingerprint density at radius 2 is 1.46 bits per heavy atom. The molecule has 0 radical (unpaired) electrons. The highest BCUT2D eigenvalue weighted by Crippen LogP contribution is 2.37. The molecular weight excluding hydrogens is 456 g/mol. The van der Waals surface area contributed by atoms with Crippen LogP contribution in [0.2, 0.25) is 0 Å². The number of rotatable bonds is 7. The van der Waals surface area contributed by atoms with Crippen LogP contribution in [0.15, 0.2) is 60.7 Å². The summed E-state index contributed by atoms with van der Waals surface area (Å²) in [6.45, 7) is 2.53. The Bertz CT molecular complexity index is 1200. The lowest BCUT2D eigenvalue weighted by molar-refractivity contribution is -0.0210. The second-order valence-corrected chi connectivity index (χ2v) is 8.76. The summed E-state index contributed by atoms with van der Waals surface area (Å²) in [5.74, 6) is -3.73. The van der Waals surface area contributed by atoms with Crippen molar-refractivity contribution >= 4 is 0 Å². The summed E-state index contributed by atoms with van der Waals surface area (Å²) in [6.07, 6.45) is 7.26. The molecule has 2 unspecified atom stereocenters. The monoisotopic (exact) mass is 484 g/mol. The molecule has 184 valence electrons. The molecule has 0 aliphatic carbocycles. The molecule has 0 N–H and O–H groups in total. The summed E-state index contributed by atoms with van der Waals surface area (Å²) in [6, 6.07) is 12.1. The van der Waals surface area contributed by atoms with E-state index in [9.17, 15) is 8.78 Å². The van der Waals surface area contributed by atoms with Crippen LogP contribution in [0.3, 0.4) is 0 Å². The maximum Gasteiger partial charge on any atom is 0.201 e. The number of ether oxygens (including phenoxy) is 2. The summed E-state index contributed by atoms with van der Waals surface area (Å²) in [5.41, 5.74) is 1.21. The van der Waals surface area contributed by atoms with Crippen molar-refractivity contribution in [2.24, 2.45) is 5.92 Å². The maximum atomic E-state index is 15.0. The number of hydrogen-bond donors (Lipinski definition) is 0. The zero-order valence-electron chi connectivity index (χ0n) is 19.8. The molecule has 1 aliphatic rings. The van der Waals surface area contributed by atoms with Crippen LogP contribution in [-0.4, -0.2) is 13.7 Å². The van der Waals surface area contributed by atoms with Crippen LogP contribution in [0, 0.1) is 29.2 Å². The third-order valence-corrected chi connectivity index (χ3v) is 6.58. The van der Waals surface area contributed by atoms with Gasteiger partial charge in [-0.3, -0.25) is 0 Å². The first-order valence-corrected chi connectivity index (χ1v) is 11.8. The maximum absolute atomic E-state index is 15.0. The summed E-state index contributed by atoms with van der Waals surface area (Å²) in [7, 11) is 1.26. The lowest BCUT2D eigenvalue weighted by Gasteiger charge is -2.29. The molecule has 1 fully saturated rings. The summed E-state index contributed by atoms with van der Waals surface area (Å²) >= 11 is 0. The van der Waals surface area contributed by atoms with Gasteiger partial charge in [-0.05, 0) is 61.8 Å². The van der Waals surface area contributed by atoms with Crippen LogP contribution in [0.25, 0.3) is 22.3 Å². The molecule has 1 heterocycles. The standard InChI is InChI=1S/C29H28F4O2/c1-3-4-5-6-18-7-15-24(35-17-18)23-13-12-21(26(30)28(23)32)19-8-10-20(11-9-19)22-14-16-25(34-2)29(33)27(22)31/h3-4,8-14,16,18,24H,5-7,15,17H2,1-2H3/b4-3+. The molecule has 0 bridgehead atoms. The van der Waals surface area contributed by atoms with E-state index in [1.54, 1.807) is 30.3 Å². The fraction of sp³-hybridized carbons (Fsp3) is 0.310. The Morgan fingerprint density at radius 1 is 0.829 bits per heavy atom. The molecule has 2 nitrogen and oxygen atoms in total. The third-order valence-electron chi connectivity index (χ3n) is 6.58. The first-order valence-electron chi connectivity index (χ1n) is 11.8. The fourth-order valence-corrected chi connectivity index (χ4v) is 4.56. The number of halogens is 4. The van der Waals surface area contributed by atoms with Crippen LogP contribution < -0.4 is 4.74 Å². The van der Waals surface area contributed by atoms with Gasteiger partial charge in [0, 0.05) is 16.7 Å². The predicted molar refractivity (Wildman–Crippen MR) is 129 cm³/mol. The molecule has 1 saturated heterocycles. The van der Waals surface area contributed by atoms with E-state index in [1.807, 2.05) is 13.0 Å². The second kappa shape index (κ2) is 11.1. The Kier molecular flexibility index (Phi) is 7.91. The van der Waals surface area contributed by atoms with E-state index in [1.165, 1.54) is 25.3 Å². The quantitative estimate of drug-likeness (QED) is 0.248. The van der Waals surface area contributed by atoms with Crippen molar-refractivity contribution in [1.29, 1.82) is 0 Å². The van der Waals surface area contributed by atoms with E-state index in [0.29, 0.717) is 30.1 Å². The van der Waals surface area contributed by atoms with Gasteiger partial charge in [-0.2, -0.15) is 4.39 Å². The van der Waals surface area contributed by atoms with Crippen LogP contribution >= 0.6 is 0 Å². The number of hydrogen-bond acceptors (Lipinski definition) is 2. The fourth-order valence-electron chi connectivity index (χ4n) is 4.56. The number of benzene rings is 3. The molecule has 35 heavy (non-hydrogen) atoms. The smallest absolute Gasteiger partial charge is 0.201 e. The van der Waals surface area contributed by atoms with Gasteiger partial charge in [0.2, 0.25) is 5.82 Å². The highest BCUT2D eigenvalue weighted by atomic mass is 19.2. The van der Waals surface area contributed by atoms with Crippen molar-refractivity contribution in [3.05, 3.63) is 89.5 Å². The molecule has 0 spiro atoms. The van der Waals surface area contributed by atoms with Crippen molar-refractivity contribution in [1.82, 2.24) is 0 Å². The van der Waals surface area contributed by atoms with Gasteiger partial charge < -0.3 is 9.47 Å². The van der Waals surface area contributed by atoms with Gasteiger partial charge in [0.1, 0.15) is 0 Å². The molecule has 0 saturated carbocycles. The first-order chi connectivity index (χ1) is 16.9. The van der Waals surface area contributed by atoms with Crippen LogP contribution in [0.5, 0.6) is 5.75 Å². The molecule has 3 aromatic rings. The van der Waals surface area contributed by atoms with Gasteiger partial charge in [-0.15, -0.1) is 0 Å². The molecule has 6 heteroatoms. The minimum atomic E-state index is -1.08. The van der Waals surface area contributed by atoms with E-state index >= 15 is 8.78 Å². The Balaban J connectivity index is 1.51. The zero-order valence-corrected chi connectivity index (χ0v) is 19.8. The van der Waals surface area contributed by atoms with Gasteiger partial charge >= 0.3 is 0 Å². The van der Waals surface area contributed by atoms with E-state index in [0.717, 1.165) is 19.3 Å². The molecule has 1 aliphatic heterocycles. The van der Waals surface area contributed by atoms with Crippen molar-refractivity contribution in [2.75, 3.05) is 13.7 Å². The molecule has 4 rings (SSSR count). The largest absolute Gasteiger partial charge is 0.494 e. The van der Waals surface area contributed by atoms with Crippen LogP contribution in [-0.2, 0) is 4.74 Å². The average Bonchev–Trinajstić information content (AvgIpc) is 2.88. The van der Waals surface area contributed by atoms with E-state index in [2.05, 4.69) is 6.08 Å². The Hall–Kier alpha value is -3.12. The summed E-state index contributed by atoms with van der Waals surface area (Å²) < 4.78 is 69.2. The Labute approximate surface area is 203 Å². The van der Waals surface area contributed by atoms with Crippen molar-refractivity contribution in [3.63, 3.8) is 0 Å². The van der Waals surface area contributed by atoms with Gasteiger partial charge in [0.05, 0.1) is 19.8 Å². The first kappa shape index (κ1) is 25.0. The van der Waals surface area contributed by atoms with Crippen molar-refractivity contribution in [2.45, 2.75) is 38.7 Å². The SMILES string of the molecule is C/C=C/CCC1CCC(c2ccc(-c3ccc(-c4ccc(OC)c(F)c4F)cc3)c(F)c2F)OC1. The molecular formula is C29H28F4O2. The van der Waals surface area contributed by atoms with Gasteiger partial charge in [-0.25, -0.2) is 13.2 Å². The average molecular weight is 485 g/mol. The van der Waals surface area contributed by atoms with Gasteiger partial charge in [0.15, 0.2) is 23.2 Å². The second-order valence-electron chi connectivity index (χ2n) is 8.76. The number of allylic oxidation sites excluding steroid dienone is 2. The molecule has 3 aromatic carbocycles. The van der Waals surface area contributed by atoms with Gasteiger partial charge in [-0.1, -0.05) is 48.6 Å². The predicted octanol–water partition coefficient (Wildman–Crippen LogP) is 8.41. The topological polar surface area (TPSA) is 18.5 Å². The van der Waals surface area contributed by atoms with Gasteiger partial charge in [0.25, 0.3) is 0 Å². The van der Waals surface area contributed by atoms with E-state index in [-0.39, 0.29) is 22.4 Å². The molecule has 0 aromatic heterocycles. The van der Waals surface area contributed by atoms with E-state index < -0.39 is 29.4 Å². The normalized spacial score (nSPS) is 18.2. The van der Waals surface area contributed by atoms with Crippen molar-refractivity contribution in [3.8, 4) is 28.0 Å². The minimum absolute atomic E-state index is 0.0512. The minimum Gasteiger partial charge on any atom is -0.494 e. The van der Waals surface area contributed by atoms with E-state index in [4.69, 9.17) is 9.47 Å². The van der Waals surface area contributed by atoms with Crippen molar-refractivity contribution < 1.29 is 27.0 Å². The number of methoxy groups -OCH3 is 1. The van der Waals surface area contributed by atoms with Crippen LogP contribution in [0.4, 0.5) is 17.6 Å². The Morgan fingerprint density at radius 3 is 2.03 bits per heavy atom. The zero-order chi connectivity index (χ0) is 24.9. The molecule has 0 amide bonds. The highest BCUT2D eigenvalue weighted by Gasteiger charge is 2.27. The van der Waals surface area contributed by atoms with Crippen LogP contribution in [0.1, 0.15) is 44.3 Å². The lowest BCUT2D eigenvalue weighted by atomic mass is 9.90. The highest BCUT2D eigenvalue weighted by molar-refractivity contribution is 5.71. The summed E-state index contributed by atoms with van der Waals surface area (Å²) in [5, 5.41) is 0.